The van der Waals surface area contributed by atoms with Gasteiger partial charge in [-0.15, -0.1) is 0 Å². The highest BCUT2D eigenvalue weighted by Crippen LogP contribution is 2.34. The van der Waals surface area contributed by atoms with Crippen LogP contribution in [0.2, 0.25) is 0 Å². The van der Waals surface area contributed by atoms with Crippen molar-refractivity contribution >= 4 is 11.7 Å². The molecular weight excluding hydrogens is 347 g/mol. The smallest absolute Gasteiger partial charge is 0.365 e. The number of rotatable bonds is 5. The van der Waals surface area contributed by atoms with Gasteiger partial charge in [0.1, 0.15) is 5.60 Å². The molecule has 0 bridgehead atoms. The zero-order valence-corrected chi connectivity index (χ0v) is 14.3. The lowest BCUT2D eigenvalue weighted by Gasteiger charge is -2.26. The third kappa shape index (κ3) is 3.75. The molecule has 0 aliphatic heterocycles. The molecule has 5 nitrogen and oxygen atoms in total. The van der Waals surface area contributed by atoms with Crippen molar-refractivity contribution < 1.29 is 22.7 Å². The van der Waals surface area contributed by atoms with Crippen LogP contribution in [0.3, 0.4) is 0 Å². The van der Waals surface area contributed by atoms with Crippen molar-refractivity contribution in [1.29, 1.82) is 0 Å². The SMILES string of the molecule is CCOC1(C(=O)Nc2ccn(-c3cccc(C(F)(F)F)c3)n2)CCCC1. The zero-order valence-electron chi connectivity index (χ0n) is 14.3. The second-order valence-corrected chi connectivity index (χ2v) is 6.28. The minimum Gasteiger partial charge on any atom is -0.365 e. The molecule has 0 saturated heterocycles. The number of carbonyl (C=O) groups is 1. The van der Waals surface area contributed by atoms with Crippen molar-refractivity contribution in [3.8, 4) is 5.69 Å². The quantitative estimate of drug-likeness (QED) is 0.863. The Morgan fingerprint density at radius 1 is 1.31 bits per heavy atom. The molecule has 140 valence electrons. The number of benzene rings is 1. The summed E-state index contributed by atoms with van der Waals surface area (Å²) < 4.78 is 45.5. The number of nitrogens with zero attached hydrogens (tertiary/aromatic N) is 2. The van der Waals surface area contributed by atoms with Crippen molar-refractivity contribution in [2.75, 3.05) is 11.9 Å². The molecule has 1 aromatic carbocycles. The Labute approximate surface area is 149 Å². The molecule has 0 radical (unpaired) electrons. The van der Waals surface area contributed by atoms with Crippen LogP contribution in [0.5, 0.6) is 0 Å². The molecule has 1 amide bonds. The lowest BCUT2D eigenvalue weighted by atomic mass is 10.0. The summed E-state index contributed by atoms with van der Waals surface area (Å²) in [5, 5.41) is 6.89. The second-order valence-electron chi connectivity index (χ2n) is 6.28. The van der Waals surface area contributed by atoms with Gasteiger partial charge in [0.25, 0.3) is 5.91 Å². The average molecular weight is 367 g/mol. The fraction of sp³-hybridized carbons (Fsp3) is 0.444. The molecule has 0 unspecified atom stereocenters. The second kappa shape index (κ2) is 7.11. The third-order valence-corrected chi connectivity index (χ3v) is 4.51. The minimum absolute atomic E-state index is 0.258. The summed E-state index contributed by atoms with van der Waals surface area (Å²) in [6.07, 6.45) is 0.236. The monoisotopic (exact) mass is 367 g/mol. The van der Waals surface area contributed by atoms with E-state index in [1.807, 2.05) is 6.92 Å². The number of alkyl halides is 3. The lowest BCUT2D eigenvalue weighted by molar-refractivity contribution is -0.140. The van der Waals surface area contributed by atoms with Crippen LogP contribution in [0.15, 0.2) is 36.5 Å². The van der Waals surface area contributed by atoms with Crippen LogP contribution in [0, 0.1) is 0 Å². The van der Waals surface area contributed by atoms with E-state index in [9.17, 15) is 18.0 Å². The number of nitrogens with one attached hydrogen (secondary N) is 1. The van der Waals surface area contributed by atoms with Crippen molar-refractivity contribution in [2.24, 2.45) is 0 Å². The molecule has 1 aliphatic rings. The van der Waals surface area contributed by atoms with Gasteiger partial charge in [-0.25, -0.2) is 4.68 Å². The van der Waals surface area contributed by atoms with Crippen LogP contribution in [-0.4, -0.2) is 27.9 Å². The summed E-state index contributed by atoms with van der Waals surface area (Å²) in [6.45, 7) is 2.28. The van der Waals surface area contributed by atoms with E-state index in [0.717, 1.165) is 25.0 Å². The average Bonchev–Trinajstić information content (AvgIpc) is 3.25. The van der Waals surface area contributed by atoms with Gasteiger partial charge in [0.2, 0.25) is 0 Å². The molecule has 26 heavy (non-hydrogen) atoms. The normalized spacial score (nSPS) is 16.6. The molecule has 2 aromatic rings. The zero-order chi connectivity index (χ0) is 18.8. The molecular formula is C18H20F3N3O2. The number of ether oxygens (including phenoxy) is 1. The number of amides is 1. The van der Waals surface area contributed by atoms with E-state index in [-0.39, 0.29) is 17.4 Å². The van der Waals surface area contributed by atoms with Crippen LogP contribution in [0.4, 0.5) is 19.0 Å². The van der Waals surface area contributed by atoms with E-state index in [1.54, 1.807) is 6.07 Å². The molecule has 0 spiro atoms. The largest absolute Gasteiger partial charge is 0.416 e. The van der Waals surface area contributed by atoms with E-state index in [0.29, 0.717) is 19.4 Å². The highest BCUT2D eigenvalue weighted by Gasteiger charge is 2.42. The standard InChI is InChI=1S/C18H20F3N3O2/c1-2-26-17(9-3-4-10-17)16(25)22-15-8-11-24(23-15)14-7-5-6-13(12-14)18(19,20)21/h5-8,11-12H,2-4,9-10H2,1H3,(H,22,23,25). The van der Waals surface area contributed by atoms with E-state index in [2.05, 4.69) is 10.4 Å². The Hall–Kier alpha value is -2.35. The van der Waals surface area contributed by atoms with Gasteiger partial charge in [-0.05, 0) is 50.8 Å². The predicted octanol–water partition coefficient (Wildman–Crippen LogP) is 4.18. The lowest BCUT2D eigenvalue weighted by Crippen LogP contribution is -2.43. The number of carbonyl (C=O) groups excluding carboxylic acids is 1. The topological polar surface area (TPSA) is 56.1 Å². The maximum atomic E-state index is 12.8. The van der Waals surface area contributed by atoms with Gasteiger partial charge in [-0.1, -0.05) is 6.07 Å². The van der Waals surface area contributed by atoms with Crippen LogP contribution in [0.25, 0.3) is 5.69 Å². The summed E-state index contributed by atoms with van der Waals surface area (Å²) in [4.78, 5) is 12.6. The Bertz CT molecular complexity index is 780. The van der Waals surface area contributed by atoms with Crippen LogP contribution < -0.4 is 5.32 Å². The molecule has 1 aliphatic carbocycles. The van der Waals surface area contributed by atoms with Crippen LogP contribution in [0.1, 0.15) is 38.2 Å². The first-order valence-corrected chi connectivity index (χ1v) is 8.53. The van der Waals surface area contributed by atoms with Gasteiger partial charge < -0.3 is 10.1 Å². The van der Waals surface area contributed by atoms with Crippen LogP contribution in [-0.2, 0) is 15.7 Å². The van der Waals surface area contributed by atoms with Gasteiger partial charge in [0.05, 0.1) is 11.3 Å². The number of hydrogen-bond donors (Lipinski definition) is 1. The summed E-state index contributed by atoms with van der Waals surface area (Å²) in [5.41, 5.74) is -1.33. The predicted molar refractivity (Wildman–Crippen MR) is 90.0 cm³/mol. The Morgan fingerprint density at radius 3 is 2.69 bits per heavy atom. The summed E-state index contributed by atoms with van der Waals surface area (Å²) in [7, 11) is 0. The van der Waals surface area contributed by atoms with Crippen LogP contribution >= 0.6 is 0 Å². The number of aromatic nitrogens is 2. The molecule has 1 fully saturated rings. The Morgan fingerprint density at radius 2 is 2.04 bits per heavy atom. The molecule has 1 heterocycles. The first kappa shape index (κ1) is 18.4. The Balaban J connectivity index is 1.77. The first-order valence-electron chi connectivity index (χ1n) is 8.53. The fourth-order valence-corrected chi connectivity index (χ4v) is 3.25. The maximum Gasteiger partial charge on any atom is 0.416 e. The number of hydrogen-bond acceptors (Lipinski definition) is 3. The first-order chi connectivity index (χ1) is 12.3. The Kier molecular flexibility index (Phi) is 5.04. The highest BCUT2D eigenvalue weighted by molar-refractivity contribution is 5.96. The van der Waals surface area contributed by atoms with Crippen molar-refractivity contribution in [3.63, 3.8) is 0 Å². The maximum absolute atomic E-state index is 12.8. The molecule has 1 N–H and O–H groups in total. The molecule has 8 heteroatoms. The summed E-state index contributed by atoms with van der Waals surface area (Å²) in [6, 6.07) is 6.40. The van der Waals surface area contributed by atoms with Gasteiger partial charge in [-0.3, -0.25) is 4.79 Å². The number of halogens is 3. The third-order valence-electron chi connectivity index (χ3n) is 4.51. The van der Waals surface area contributed by atoms with E-state index < -0.39 is 17.3 Å². The number of anilines is 1. The van der Waals surface area contributed by atoms with E-state index >= 15 is 0 Å². The van der Waals surface area contributed by atoms with Crippen molar-refractivity contribution in [2.45, 2.75) is 44.4 Å². The van der Waals surface area contributed by atoms with Crippen molar-refractivity contribution in [3.05, 3.63) is 42.1 Å². The van der Waals surface area contributed by atoms with Gasteiger partial charge in [-0.2, -0.15) is 18.3 Å². The molecule has 1 saturated carbocycles. The minimum atomic E-state index is -4.42. The molecule has 0 atom stereocenters. The van der Waals surface area contributed by atoms with Gasteiger partial charge >= 0.3 is 6.18 Å². The van der Waals surface area contributed by atoms with Crippen molar-refractivity contribution in [1.82, 2.24) is 9.78 Å². The summed E-state index contributed by atoms with van der Waals surface area (Å²) >= 11 is 0. The van der Waals surface area contributed by atoms with E-state index in [4.69, 9.17) is 4.74 Å². The molecule has 1 aromatic heterocycles. The fourth-order valence-electron chi connectivity index (χ4n) is 3.25. The summed E-state index contributed by atoms with van der Waals surface area (Å²) in [5.74, 6) is 0.0181. The molecule has 3 rings (SSSR count). The highest BCUT2D eigenvalue weighted by atomic mass is 19.4. The van der Waals surface area contributed by atoms with Gasteiger partial charge in [0, 0.05) is 18.9 Å². The van der Waals surface area contributed by atoms with E-state index in [1.165, 1.54) is 23.0 Å². The van der Waals surface area contributed by atoms with Gasteiger partial charge in [0.15, 0.2) is 5.82 Å².